The van der Waals surface area contributed by atoms with E-state index in [1.54, 1.807) is 24.3 Å². The van der Waals surface area contributed by atoms with Gasteiger partial charge in [-0.15, -0.1) is 0 Å². The molecular formula is C11H15ClNO4PS. The monoisotopic (exact) mass is 323 g/mol. The van der Waals surface area contributed by atoms with E-state index in [1.165, 1.54) is 4.90 Å². The third kappa shape index (κ3) is 5.55. The van der Waals surface area contributed by atoms with Crippen LogP contribution >= 0.6 is 29.8 Å². The second kappa shape index (κ2) is 6.77. The highest BCUT2D eigenvalue weighted by Gasteiger charge is 2.23. The van der Waals surface area contributed by atoms with E-state index in [0.29, 0.717) is 22.1 Å². The zero-order chi connectivity index (χ0) is 14.6. The summed E-state index contributed by atoms with van der Waals surface area (Å²) in [5.74, 6) is -0.629. The zero-order valence-electron chi connectivity index (χ0n) is 10.5. The fourth-order valence-electron chi connectivity index (χ4n) is 1.54. The molecule has 0 heterocycles. The maximum absolute atomic E-state index is 12.0. The molecule has 0 atom stereocenters. The van der Waals surface area contributed by atoms with Gasteiger partial charge in [0.25, 0.3) is 0 Å². The first-order valence-electron chi connectivity index (χ1n) is 5.48. The first-order chi connectivity index (χ1) is 8.70. The summed E-state index contributed by atoms with van der Waals surface area (Å²) < 4.78 is 10.8. The Hall–Kier alpha value is -0.520. The molecule has 1 amide bonds. The van der Waals surface area contributed by atoms with Crippen molar-refractivity contribution in [1.82, 2.24) is 0 Å². The maximum Gasteiger partial charge on any atom is 0.384 e. The van der Waals surface area contributed by atoms with Crippen LogP contribution in [0.25, 0.3) is 0 Å². The van der Waals surface area contributed by atoms with E-state index in [-0.39, 0.29) is 17.7 Å². The van der Waals surface area contributed by atoms with Crippen LogP contribution in [0.1, 0.15) is 13.8 Å². The Kier molecular flexibility index (Phi) is 5.89. The molecule has 0 aliphatic rings. The van der Waals surface area contributed by atoms with Gasteiger partial charge in [0.1, 0.15) is 0 Å². The Labute approximate surface area is 120 Å². The van der Waals surface area contributed by atoms with Crippen LogP contribution in [-0.4, -0.2) is 27.5 Å². The van der Waals surface area contributed by atoms with Crippen molar-refractivity contribution in [3.8, 4) is 0 Å². The Morgan fingerprint density at radius 1 is 1.37 bits per heavy atom. The van der Waals surface area contributed by atoms with Crippen molar-refractivity contribution in [1.29, 1.82) is 0 Å². The molecule has 8 heteroatoms. The molecule has 0 saturated carbocycles. The highest BCUT2D eigenvalue weighted by molar-refractivity contribution is 8.54. The van der Waals surface area contributed by atoms with Crippen molar-refractivity contribution in [2.75, 3.05) is 10.7 Å². The Bertz CT molecular complexity index is 488. The summed E-state index contributed by atoms with van der Waals surface area (Å²) in [6, 6.07) is 6.60. The lowest BCUT2D eigenvalue weighted by Crippen LogP contribution is -2.38. The summed E-state index contributed by atoms with van der Waals surface area (Å²) in [5.41, 5.74) is 0.649. The molecule has 0 unspecified atom stereocenters. The number of hydrogen-bond acceptors (Lipinski definition) is 3. The van der Waals surface area contributed by atoms with E-state index in [1.807, 2.05) is 13.8 Å². The van der Waals surface area contributed by atoms with E-state index in [9.17, 15) is 9.36 Å². The normalized spacial score (nSPS) is 11.7. The smallest absolute Gasteiger partial charge is 0.317 e. The van der Waals surface area contributed by atoms with Crippen molar-refractivity contribution in [3.05, 3.63) is 29.3 Å². The maximum atomic E-state index is 12.0. The number of anilines is 1. The fraction of sp³-hybridized carbons (Fsp3) is 0.364. The van der Waals surface area contributed by atoms with Gasteiger partial charge in [0.05, 0.1) is 5.75 Å². The third-order valence-corrected chi connectivity index (χ3v) is 4.61. The second-order valence-corrected chi connectivity index (χ2v) is 8.26. The molecule has 1 aromatic rings. The molecule has 106 valence electrons. The van der Waals surface area contributed by atoms with Gasteiger partial charge in [-0.05, 0) is 49.5 Å². The topological polar surface area (TPSA) is 77.8 Å². The number of halogens is 1. The van der Waals surface area contributed by atoms with E-state index in [0.717, 1.165) is 0 Å². The molecule has 19 heavy (non-hydrogen) atoms. The summed E-state index contributed by atoms with van der Waals surface area (Å²) in [6.45, 7) is -0.585. The van der Waals surface area contributed by atoms with Crippen molar-refractivity contribution in [2.45, 2.75) is 19.9 Å². The Morgan fingerprint density at radius 3 is 2.32 bits per heavy atom. The van der Waals surface area contributed by atoms with Crippen LogP contribution in [-0.2, 0) is 9.36 Å². The van der Waals surface area contributed by atoms with Gasteiger partial charge < -0.3 is 14.7 Å². The molecule has 0 radical (unpaired) electrons. The molecule has 1 aromatic carbocycles. The predicted octanol–water partition coefficient (Wildman–Crippen LogP) is 2.91. The summed E-state index contributed by atoms with van der Waals surface area (Å²) in [6.07, 6.45) is 0. The van der Waals surface area contributed by atoms with Gasteiger partial charge in [-0.1, -0.05) is 11.6 Å². The minimum atomic E-state index is -4.24. The molecule has 0 aliphatic carbocycles. The first kappa shape index (κ1) is 16.5. The van der Waals surface area contributed by atoms with Gasteiger partial charge >= 0.3 is 6.80 Å². The van der Waals surface area contributed by atoms with Crippen molar-refractivity contribution in [2.24, 2.45) is 0 Å². The number of benzene rings is 1. The highest BCUT2D eigenvalue weighted by Crippen LogP contribution is 2.50. The van der Waals surface area contributed by atoms with Crippen molar-refractivity contribution >= 4 is 41.4 Å². The minimum absolute atomic E-state index is 0.119. The van der Waals surface area contributed by atoms with Crippen molar-refractivity contribution in [3.63, 3.8) is 0 Å². The average molecular weight is 324 g/mol. The lowest BCUT2D eigenvalue weighted by atomic mass is 10.2. The van der Waals surface area contributed by atoms with Crippen LogP contribution in [0.15, 0.2) is 24.3 Å². The molecule has 0 aromatic heterocycles. The standard InChI is InChI=1S/C11H15ClNO4PS/c1-8(2)13(10-5-3-9(12)4-6-10)11(14)7-19-18(15,16)17/h3-6,8H,7H2,1-2H3,(H2,15,16,17). The molecule has 0 saturated heterocycles. The van der Waals surface area contributed by atoms with Crippen molar-refractivity contribution < 1.29 is 19.1 Å². The Morgan fingerprint density at radius 2 is 1.89 bits per heavy atom. The Balaban J connectivity index is 2.86. The molecule has 1 rings (SSSR count). The summed E-state index contributed by atoms with van der Waals surface area (Å²) in [7, 11) is 0. The lowest BCUT2D eigenvalue weighted by molar-refractivity contribution is -0.116. The van der Waals surface area contributed by atoms with Gasteiger partial charge in [0, 0.05) is 16.8 Å². The number of nitrogens with zero attached hydrogens (tertiary/aromatic N) is 1. The van der Waals surface area contributed by atoms with Gasteiger partial charge in [0.15, 0.2) is 0 Å². The van der Waals surface area contributed by atoms with E-state index >= 15 is 0 Å². The fourth-order valence-corrected chi connectivity index (χ4v) is 2.92. The number of carbonyl (C=O) groups is 1. The summed E-state index contributed by atoms with van der Waals surface area (Å²) in [4.78, 5) is 31.1. The molecule has 0 spiro atoms. The number of hydrogen-bond donors (Lipinski definition) is 2. The van der Waals surface area contributed by atoms with Gasteiger partial charge in [0.2, 0.25) is 5.91 Å². The second-order valence-electron chi connectivity index (χ2n) is 4.10. The average Bonchev–Trinajstić information content (AvgIpc) is 2.28. The third-order valence-electron chi connectivity index (χ3n) is 2.25. The van der Waals surface area contributed by atoms with Crippen LogP contribution in [0.4, 0.5) is 5.69 Å². The predicted molar refractivity (Wildman–Crippen MR) is 78.6 cm³/mol. The number of rotatable bonds is 5. The minimum Gasteiger partial charge on any atom is -0.317 e. The lowest BCUT2D eigenvalue weighted by Gasteiger charge is -2.27. The number of amides is 1. The molecule has 0 fully saturated rings. The van der Waals surface area contributed by atoms with Crippen LogP contribution < -0.4 is 4.90 Å². The molecule has 0 bridgehead atoms. The van der Waals surface area contributed by atoms with E-state index < -0.39 is 6.80 Å². The van der Waals surface area contributed by atoms with E-state index in [2.05, 4.69) is 0 Å². The largest absolute Gasteiger partial charge is 0.384 e. The van der Waals surface area contributed by atoms with Gasteiger partial charge in [-0.3, -0.25) is 4.79 Å². The van der Waals surface area contributed by atoms with Gasteiger partial charge in [-0.2, -0.15) is 0 Å². The van der Waals surface area contributed by atoms with Crippen LogP contribution in [0.2, 0.25) is 5.02 Å². The molecule has 2 N–H and O–H groups in total. The molecule has 0 aliphatic heterocycles. The number of carbonyl (C=O) groups excluding carboxylic acids is 1. The zero-order valence-corrected chi connectivity index (χ0v) is 13.0. The SMILES string of the molecule is CC(C)N(C(=O)CSP(=O)(O)O)c1ccc(Cl)cc1. The van der Waals surface area contributed by atoms with Gasteiger partial charge in [-0.25, -0.2) is 4.57 Å². The molecule has 5 nitrogen and oxygen atoms in total. The van der Waals surface area contributed by atoms with E-state index in [4.69, 9.17) is 21.4 Å². The van der Waals surface area contributed by atoms with Crippen LogP contribution in [0.5, 0.6) is 0 Å². The summed E-state index contributed by atoms with van der Waals surface area (Å²) >= 11 is 6.12. The summed E-state index contributed by atoms with van der Waals surface area (Å²) in [5, 5.41) is 0.560. The van der Waals surface area contributed by atoms with Crippen LogP contribution in [0.3, 0.4) is 0 Å². The van der Waals surface area contributed by atoms with Crippen LogP contribution in [0, 0.1) is 0 Å². The molecular weight excluding hydrogens is 309 g/mol. The first-order valence-corrected chi connectivity index (χ1v) is 9.06. The highest BCUT2D eigenvalue weighted by atomic mass is 35.5. The quantitative estimate of drug-likeness (QED) is 0.815.